The minimum absolute atomic E-state index is 0.241. The normalized spacial score (nSPS) is 32.9. The molecule has 0 aromatic heterocycles. The van der Waals surface area contributed by atoms with Crippen molar-refractivity contribution in [1.29, 1.82) is 0 Å². The third-order valence-electron chi connectivity index (χ3n) is 3.09. The summed E-state index contributed by atoms with van der Waals surface area (Å²) in [6.07, 6.45) is 1.59. The highest BCUT2D eigenvalue weighted by molar-refractivity contribution is 5.20. The molecule has 2 heteroatoms. The molecule has 2 N–H and O–H groups in total. The summed E-state index contributed by atoms with van der Waals surface area (Å²) in [5.41, 5.74) is 6.90. The summed E-state index contributed by atoms with van der Waals surface area (Å²) in [5.74, 6) is 0.367. The van der Waals surface area contributed by atoms with Gasteiger partial charge in [-0.15, -0.1) is 0 Å². The zero-order valence-corrected chi connectivity index (χ0v) is 8.20. The molecule has 0 bridgehead atoms. The van der Waals surface area contributed by atoms with E-state index in [-0.39, 0.29) is 6.04 Å². The molecule has 1 fully saturated rings. The molecule has 14 heavy (non-hydrogen) atoms. The summed E-state index contributed by atoms with van der Waals surface area (Å²) < 4.78 is 13.4. The van der Waals surface area contributed by atoms with Crippen LogP contribution < -0.4 is 5.73 Å². The van der Waals surface area contributed by atoms with Crippen molar-refractivity contribution < 1.29 is 4.39 Å². The maximum absolute atomic E-state index is 13.4. The van der Waals surface area contributed by atoms with E-state index in [0.29, 0.717) is 12.3 Å². The lowest BCUT2D eigenvalue weighted by molar-refractivity contribution is 0.200. The SMILES string of the molecule is N[C@@H]1CC[C@H](c2ccccc2)C[C@@H]1F. The van der Waals surface area contributed by atoms with Gasteiger partial charge in [-0.2, -0.15) is 0 Å². The molecule has 1 aliphatic carbocycles. The molecule has 0 aliphatic heterocycles. The predicted molar refractivity (Wildman–Crippen MR) is 55.9 cm³/mol. The van der Waals surface area contributed by atoms with Gasteiger partial charge in [0.1, 0.15) is 6.17 Å². The van der Waals surface area contributed by atoms with E-state index in [1.54, 1.807) is 0 Å². The molecule has 0 saturated heterocycles. The van der Waals surface area contributed by atoms with Gasteiger partial charge >= 0.3 is 0 Å². The first kappa shape index (κ1) is 9.66. The highest BCUT2D eigenvalue weighted by atomic mass is 19.1. The number of benzene rings is 1. The third-order valence-corrected chi connectivity index (χ3v) is 3.09. The van der Waals surface area contributed by atoms with Crippen molar-refractivity contribution in [3.8, 4) is 0 Å². The Morgan fingerprint density at radius 1 is 1.14 bits per heavy atom. The van der Waals surface area contributed by atoms with E-state index in [2.05, 4.69) is 12.1 Å². The second kappa shape index (κ2) is 4.09. The van der Waals surface area contributed by atoms with Crippen LogP contribution in [0.15, 0.2) is 30.3 Å². The van der Waals surface area contributed by atoms with Gasteiger partial charge in [-0.25, -0.2) is 4.39 Å². The Kier molecular flexibility index (Phi) is 2.82. The van der Waals surface area contributed by atoms with E-state index in [1.807, 2.05) is 18.2 Å². The number of nitrogens with two attached hydrogens (primary N) is 1. The van der Waals surface area contributed by atoms with E-state index in [0.717, 1.165) is 12.8 Å². The Morgan fingerprint density at radius 2 is 1.86 bits per heavy atom. The van der Waals surface area contributed by atoms with E-state index in [4.69, 9.17) is 5.73 Å². The fraction of sp³-hybridized carbons (Fsp3) is 0.500. The van der Waals surface area contributed by atoms with Crippen molar-refractivity contribution in [2.75, 3.05) is 0 Å². The second-order valence-electron chi connectivity index (χ2n) is 4.10. The highest BCUT2D eigenvalue weighted by Gasteiger charge is 2.28. The molecule has 1 aliphatic rings. The van der Waals surface area contributed by atoms with Crippen LogP contribution in [0.1, 0.15) is 30.7 Å². The number of hydrogen-bond donors (Lipinski definition) is 1. The number of hydrogen-bond acceptors (Lipinski definition) is 1. The quantitative estimate of drug-likeness (QED) is 0.729. The molecule has 0 spiro atoms. The monoisotopic (exact) mass is 193 g/mol. The predicted octanol–water partition coefficient (Wildman–Crippen LogP) is 2.62. The van der Waals surface area contributed by atoms with E-state index in [9.17, 15) is 4.39 Å². The van der Waals surface area contributed by atoms with Gasteiger partial charge in [0, 0.05) is 6.04 Å². The van der Waals surface area contributed by atoms with Crippen LogP contribution in [-0.2, 0) is 0 Å². The van der Waals surface area contributed by atoms with Crippen LogP contribution in [0.25, 0.3) is 0 Å². The van der Waals surface area contributed by atoms with Crippen molar-refractivity contribution in [3.05, 3.63) is 35.9 Å². The lowest BCUT2D eigenvalue weighted by Crippen LogP contribution is -2.36. The fourth-order valence-electron chi connectivity index (χ4n) is 2.17. The zero-order valence-electron chi connectivity index (χ0n) is 8.20. The van der Waals surface area contributed by atoms with E-state index in [1.165, 1.54) is 5.56 Å². The first-order chi connectivity index (χ1) is 6.77. The van der Waals surface area contributed by atoms with Gasteiger partial charge in [0.25, 0.3) is 0 Å². The molecule has 1 nitrogen and oxygen atoms in total. The van der Waals surface area contributed by atoms with Gasteiger partial charge in [0.05, 0.1) is 0 Å². The summed E-state index contributed by atoms with van der Waals surface area (Å²) >= 11 is 0. The number of alkyl halides is 1. The highest BCUT2D eigenvalue weighted by Crippen LogP contribution is 2.33. The molecular formula is C12H16FN. The largest absolute Gasteiger partial charge is 0.325 e. The summed E-state index contributed by atoms with van der Waals surface area (Å²) in [6.45, 7) is 0. The number of halogens is 1. The van der Waals surface area contributed by atoms with Gasteiger partial charge in [0.15, 0.2) is 0 Å². The summed E-state index contributed by atoms with van der Waals surface area (Å²) in [7, 11) is 0. The molecule has 76 valence electrons. The van der Waals surface area contributed by atoms with Gasteiger partial charge < -0.3 is 5.73 Å². The summed E-state index contributed by atoms with van der Waals surface area (Å²) in [5, 5.41) is 0. The fourth-order valence-corrected chi connectivity index (χ4v) is 2.17. The Morgan fingerprint density at radius 3 is 2.50 bits per heavy atom. The standard InChI is InChI=1S/C12H16FN/c13-11-8-10(6-7-12(11)14)9-4-2-1-3-5-9/h1-5,10-12H,6-8,14H2/t10-,11-,12+/m0/s1. The van der Waals surface area contributed by atoms with Crippen molar-refractivity contribution in [3.63, 3.8) is 0 Å². The van der Waals surface area contributed by atoms with Crippen LogP contribution in [0.4, 0.5) is 4.39 Å². The number of rotatable bonds is 1. The Hall–Kier alpha value is -0.890. The smallest absolute Gasteiger partial charge is 0.116 e. The molecule has 3 atom stereocenters. The molecular weight excluding hydrogens is 177 g/mol. The van der Waals surface area contributed by atoms with Crippen molar-refractivity contribution in [2.24, 2.45) is 5.73 Å². The van der Waals surface area contributed by atoms with Crippen molar-refractivity contribution >= 4 is 0 Å². The van der Waals surface area contributed by atoms with Crippen molar-refractivity contribution in [1.82, 2.24) is 0 Å². The Balaban J connectivity index is 2.07. The summed E-state index contributed by atoms with van der Waals surface area (Å²) in [4.78, 5) is 0. The zero-order chi connectivity index (χ0) is 9.97. The van der Waals surface area contributed by atoms with Crippen LogP contribution in [-0.4, -0.2) is 12.2 Å². The maximum Gasteiger partial charge on any atom is 0.116 e. The Bertz CT molecular complexity index is 286. The van der Waals surface area contributed by atoms with Gasteiger partial charge in [-0.3, -0.25) is 0 Å². The van der Waals surface area contributed by atoms with Gasteiger partial charge in [-0.05, 0) is 30.7 Å². The average molecular weight is 193 g/mol. The Labute approximate surface area is 84.1 Å². The van der Waals surface area contributed by atoms with Crippen LogP contribution in [0.2, 0.25) is 0 Å². The molecule has 2 rings (SSSR count). The van der Waals surface area contributed by atoms with E-state index < -0.39 is 6.17 Å². The van der Waals surface area contributed by atoms with Crippen molar-refractivity contribution in [2.45, 2.75) is 37.4 Å². The molecule has 0 amide bonds. The summed E-state index contributed by atoms with van der Waals surface area (Å²) in [6, 6.07) is 9.93. The second-order valence-corrected chi connectivity index (χ2v) is 4.10. The van der Waals surface area contributed by atoms with Crippen LogP contribution >= 0.6 is 0 Å². The third kappa shape index (κ3) is 1.95. The lowest BCUT2D eigenvalue weighted by Gasteiger charge is -2.29. The molecule has 1 saturated carbocycles. The molecule has 1 aromatic carbocycles. The molecule has 0 unspecified atom stereocenters. The topological polar surface area (TPSA) is 26.0 Å². The minimum Gasteiger partial charge on any atom is -0.325 e. The minimum atomic E-state index is -0.825. The van der Waals surface area contributed by atoms with Gasteiger partial charge in [-0.1, -0.05) is 30.3 Å². The van der Waals surface area contributed by atoms with Crippen LogP contribution in [0, 0.1) is 0 Å². The average Bonchev–Trinajstić information content (AvgIpc) is 2.23. The van der Waals surface area contributed by atoms with E-state index >= 15 is 0 Å². The molecule has 0 heterocycles. The van der Waals surface area contributed by atoms with Crippen LogP contribution in [0.3, 0.4) is 0 Å². The maximum atomic E-state index is 13.4. The first-order valence-electron chi connectivity index (χ1n) is 5.22. The lowest BCUT2D eigenvalue weighted by atomic mass is 9.81. The van der Waals surface area contributed by atoms with Crippen LogP contribution in [0.5, 0.6) is 0 Å². The molecule has 1 aromatic rings. The molecule has 0 radical (unpaired) electrons. The first-order valence-corrected chi connectivity index (χ1v) is 5.22. The van der Waals surface area contributed by atoms with Gasteiger partial charge in [0.2, 0.25) is 0 Å².